The van der Waals surface area contributed by atoms with Gasteiger partial charge in [0.15, 0.2) is 11.6 Å². The molecular weight excluding hydrogens is 214 g/mol. The number of rotatable bonds is 1. The van der Waals surface area contributed by atoms with Gasteiger partial charge in [0.2, 0.25) is 0 Å². The molecule has 0 bridgehead atoms. The number of hydrogen-bond donors (Lipinski definition) is 2. The van der Waals surface area contributed by atoms with Crippen molar-refractivity contribution < 1.29 is 4.74 Å². The highest BCUT2D eigenvalue weighted by Crippen LogP contribution is 2.28. The highest BCUT2D eigenvalue weighted by molar-refractivity contribution is 5.67. The first kappa shape index (κ1) is 10.6. The molecule has 17 heavy (non-hydrogen) atoms. The first-order valence-electron chi connectivity index (χ1n) is 6.21. The predicted molar refractivity (Wildman–Crippen MR) is 68.3 cm³/mol. The Morgan fingerprint density at radius 1 is 1.24 bits per heavy atom. The largest absolute Gasteiger partial charge is 0.490 e. The molecule has 2 aliphatic heterocycles. The lowest BCUT2D eigenvalue weighted by molar-refractivity contribution is 0.322. The second-order valence-electron chi connectivity index (χ2n) is 4.36. The third kappa shape index (κ3) is 2.26. The van der Waals surface area contributed by atoms with Crippen LogP contribution in [0.15, 0.2) is 18.2 Å². The van der Waals surface area contributed by atoms with Crippen LogP contribution in [0, 0.1) is 0 Å². The minimum absolute atomic E-state index is 0.771. The lowest BCUT2D eigenvalue weighted by atomic mass is 10.1. The Morgan fingerprint density at radius 3 is 3.12 bits per heavy atom. The summed E-state index contributed by atoms with van der Waals surface area (Å²) in [5, 5.41) is 6.64. The third-order valence-electron chi connectivity index (χ3n) is 3.12. The van der Waals surface area contributed by atoms with Gasteiger partial charge in [0.1, 0.15) is 0 Å². The first-order chi connectivity index (χ1) is 8.43. The van der Waals surface area contributed by atoms with E-state index in [0.717, 1.165) is 56.3 Å². The van der Waals surface area contributed by atoms with Crippen molar-refractivity contribution >= 4 is 11.4 Å². The van der Waals surface area contributed by atoms with Gasteiger partial charge in [0.25, 0.3) is 0 Å². The average Bonchev–Trinajstić information content (AvgIpc) is 2.64. The number of nitrogens with zero attached hydrogens (tertiary/aromatic N) is 1. The van der Waals surface area contributed by atoms with Crippen LogP contribution in [-0.4, -0.2) is 31.2 Å². The second-order valence-corrected chi connectivity index (χ2v) is 4.36. The Morgan fingerprint density at radius 2 is 2.24 bits per heavy atom. The summed E-state index contributed by atoms with van der Waals surface area (Å²) >= 11 is 0. The van der Waals surface area contributed by atoms with Crippen molar-refractivity contribution in [3.8, 4) is 5.75 Å². The number of nitrogens with one attached hydrogen (secondary N) is 2. The lowest BCUT2D eigenvalue weighted by Crippen LogP contribution is -2.20. The normalized spacial score (nSPS) is 19.4. The van der Waals surface area contributed by atoms with Gasteiger partial charge in [0, 0.05) is 13.1 Å². The predicted octanol–water partition coefficient (Wildman–Crippen LogP) is 1.65. The van der Waals surface area contributed by atoms with E-state index in [1.54, 1.807) is 0 Å². The van der Waals surface area contributed by atoms with Crippen molar-refractivity contribution in [2.75, 3.05) is 31.6 Å². The molecule has 1 aromatic rings. The van der Waals surface area contributed by atoms with Crippen LogP contribution in [0.2, 0.25) is 0 Å². The fraction of sp³-hybridized carbons (Fsp3) is 0.462. The van der Waals surface area contributed by atoms with Crippen LogP contribution in [-0.2, 0) is 0 Å². The van der Waals surface area contributed by atoms with E-state index < -0.39 is 0 Å². The van der Waals surface area contributed by atoms with Crippen LogP contribution in [0.4, 0.5) is 5.82 Å². The third-order valence-corrected chi connectivity index (χ3v) is 3.12. The highest BCUT2D eigenvalue weighted by atomic mass is 16.5. The van der Waals surface area contributed by atoms with Crippen molar-refractivity contribution in [1.82, 2.24) is 10.3 Å². The van der Waals surface area contributed by atoms with E-state index >= 15 is 0 Å². The van der Waals surface area contributed by atoms with Crippen LogP contribution < -0.4 is 15.4 Å². The van der Waals surface area contributed by atoms with Crippen LogP contribution in [0.25, 0.3) is 5.57 Å². The van der Waals surface area contributed by atoms with E-state index in [9.17, 15) is 0 Å². The van der Waals surface area contributed by atoms with Gasteiger partial charge < -0.3 is 15.4 Å². The molecule has 0 fully saturated rings. The van der Waals surface area contributed by atoms with Crippen LogP contribution in [0.3, 0.4) is 0 Å². The SMILES string of the molecule is C1=C(c2ccc3c(n2)NCCCO3)CCNC1. The van der Waals surface area contributed by atoms with Gasteiger partial charge in [-0.05, 0) is 37.1 Å². The molecule has 0 amide bonds. The van der Waals surface area contributed by atoms with Crippen molar-refractivity contribution in [3.63, 3.8) is 0 Å². The molecule has 0 saturated carbocycles. The van der Waals surface area contributed by atoms with Crippen LogP contribution in [0.1, 0.15) is 18.5 Å². The lowest BCUT2D eigenvalue weighted by Gasteiger charge is -2.15. The molecule has 0 atom stereocenters. The summed E-state index contributed by atoms with van der Waals surface area (Å²) in [6.45, 7) is 3.68. The van der Waals surface area contributed by atoms with E-state index in [2.05, 4.69) is 27.8 Å². The summed E-state index contributed by atoms with van der Waals surface area (Å²) in [6, 6.07) is 4.09. The van der Waals surface area contributed by atoms with E-state index in [4.69, 9.17) is 4.74 Å². The molecule has 0 radical (unpaired) electrons. The molecule has 0 saturated heterocycles. The zero-order valence-corrected chi connectivity index (χ0v) is 9.83. The number of ether oxygens (including phenoxy) is 1. The van der Waals surface area contributed by atoms with Gasteiger partial charge in [-0.2, -0.15) is 0 Å². The zero-order chi connectivity index (χ0) is 11.5. The quantitative estimate of drug-likeness (QED) is 0.771. The second kappa shape index (κ2) is 4.75. The summed E-state index contributed by atoms with van der Waals surface area (Å²) in [6.07, 6.45) is 4.29. The van der Waals surface area contributed by atoms with Crippen LogP contribution >= 0.6 is 0 Å². The Hall–Kier alpha value is -1.55. The molecule has 1 aromatic heterocycles. The number of aromatic nitrogens is 1. The number of hydrogen-bond acceptors (Lipinski definition) is 4. The molecule has 4 nitrogen and oxygen atoms in total. The summed E-state index contributed by atoms with van der Waals surface area (Å²) in [7, 11) is 0. The number of fused-ring (bicyclic) bond motifs is 1. The first-order valence-corrected chi connectivity index (χ1v) is 6.21. The maximum Gasteiger partial charge on any atom is 0.169 e. The summed E-state index contributed by atoms with van der Waals surface area (Å²) in [5.41, 5.74) is 2.40. The minimum Gasteiger partial charge on any atom is -0.490 e. The summed E-state index contributed by atoms with van der Waals surface area (Å²) in [5.74, 6) is 1.76. The van der Waals surface area contributed by atoms with E-state index in [0.29, 0.717) is 0 Å². The van der Waals surface area contributed by atoms with Gasteiger partial charge in [-0.3, -0.25) is 0 Å². The number of pyridine rings is 1. The molecule has 2 aliphatic rings. The molecule has 3 heterocycles. The molecule has 0 unspecified atom stereocenters. The molecule has 2 N–H and O–H groups in total. The molecule has 90 valence electrons. The monoisotopic (exact) mass is 231 g/mol. The summed E-state index contributed by atoms with van der Waals surface area (Å²) in [4.78, 5) is 4.66. The maximum absolute atomic E-state index is 5.63. The molecule has 0 spiro atoms. The maximum atomic E-state index is 5.63. The molecule has 4 heteroatoms. The average molecular weight is 231 g/mol. The van der Waals surface area contributed by atoms with Gasteiger partial charge in [-0.1, -0.05) is 6.08 Å². The van der Waals surface area contributed by atoms with Crippen LogP contribution in [0.5, 0.6) is 5.75 Å². The van der Waals surface area contributed by atoms with E-state index in [1.165, 1.54) is 5.57 Å². The van der Waals surface area contributed by atoms with Gasteiger partial charge in [-0.25, -0.2) is 4.98 Å². The fourth-order valence-corrected chi connectivity index (χ4v) is 2.18. The van der Waals surface area contributed by atoms with E-state index in [-0.39, 0.29) is 0 Å². The number of anilines is 1. The molecular formula is C13H17N3O. The topological polar surface area (TPSA) is 46.2 Å². The van der Waals surface area contributed by atoms with Gasteiger partial charge in [-0.15, -0.1) is 0 Å². The zero-order valence-electron chi connectivity index (χ0n) is 9.83. The van der Waals surface area contributed by atoms with Gasteiger partial charge >= 0.3 is 0 Å². The van der Waals surface area contributed by atoms with Crippen molar-refractivity contribution in [2.24, 2.45) is 0 Å². The van der Waals surface area contributed by atoms with Crippen molar-refractivity contribution in [3.05, 3.63) is 23.9 Å². The highest BCUT2D eigenvalue weighted by Gasteiger charge is 2.13. The Balaban J connectivity index is 1.91. The molecule has 0 aliphatic carbocycles. The summed E-state index contributed by atoms with van der Waals surface area (Å²) < 4.78 is 5.63. The van der Waals surface area contributed by atoms with E-state index in [1.807, 2.05) is 6.07 Å². The Kier molecular flexibility index (Phi) is 2.96. The van der Waals surface area contributed by atoms with Crippen molar-refractivity contribution in [1.29, 1.82) is 0 Å². The molecule has 0 aromatic carbocycles. The molecule has 3 rings (SSSR count). The minimum atomic E-state index is 0.771. The Labute approximate surface area is 101 Å². The standard InChI is InChI=1S/C13H17N3O/c1-6-15-13-12(17-9-1)3-2-11(16-13)10-4-7-14-8-5-10/h2-4,14H,1,5-9H2,(H,15,16). The van der Waals surface area contributed by atoms with Gasteiger partial charge in [0.05, 0.1) is 12.3 Å². The smallest absolute Gasteiger partial charge is 0.169 e. The van der Waals surface area contributed by atoms with Crippen molar-refractivity contribution in [2.45, 2.75) is 12.8 Å². The Bertz CT molecular complexity index is 442. The fourth-order valence-electron chi connectivity index (χ4n) is 2.18.